The molecular weight excluding hydrogens is 278 g/mol. The average molecular weight is 291 g/mol. The van der Waals surface area contributed by atoms with Crippen molar-refractivity contribution in [2.75, 3.05) is 13.1 Å². The minimum absolute atomic E-state index is 0.00152. The van der Waals surface area contributed by atoms with Crippen LogP contribution in [0, 0.1) is 6.92 Å². The SMILES string of the molecule is Cc1sc(C(=O)O)cc1S(=O)(=O)N1CC(C)(O)C1. The van der Waals surface area contributed by atoms with Gasteiger partial charge in [-0.05, 0) is 19.9 Å². The highest BCUT2D eigenvalue weighted by Crippen LogP contribution is 2.32. The zero-order valence-electron chi connectivity index (χ0n) is 9.87. The van der Waals surface area contributed by atoms with Gasteiger partial charge in [0.05, 0.1) is 10.5 Å². The highest BCUT2D eigenvalue weighted by Gasteiger charge is 2.44. The standard InChI is InChI=1S/C10H13NO5S2/c1-6-8(3-7(17-6)9(12)13)18(15,16)11-4-10(2,14)5-11/h3,14H,4-5H2,1-2H3,(H,12,13). The minimum Gasteiger partial charge on any atom is -0.477 e. The number of carbonyl (C=O) groups is 1. The first-order chi connectivity index (χ1) is 8.13. The fourth-order valence-electron chi connectivity index (χ4n) is 1.85. The molecule has 1 aromatic heterocycles. The van der Waals surface area contributed by atoms with Gasteiger partial charge < -0.3 is 10.2 Å². The Bertz CT molecular complexity index is 594. The topological polar surface area (TPSA) is 94.9 Å². The minimum atomic E-state index is -3.70. The Morgan fingerprint density at radius 3 is 2.44 bits per heavy atom. The van der Waals surface area contributed by atoms with Crippen LogP contribution in [0.15, 0.2) is 11.0 Å². The Morgan fingerprint density at radius 1 is 1.50 bits per heavy atom. The third kappa shape index (κ3) is 2.16. The second kappa shape index (κ2) is 4.02. The van der Waals surface area contributed by atoms with Crippen LogP contribution in [0.2, 0.25) is 0 Å². The lowest BCUT2D eigenvalue weighted by atomic mass is 10.0. The van der Waals surface area contributed by atoms with Gasteiger partial charge in [0.1, 0.15) is 4.88 Å². The summed E-state index contributed by atoms with van der Waals surface area (Å²) in [6, 6.07) is 1.17. The Labute approximate surface area is 109 Å². The van der Waals surface area contributed by atoms with Gasteiger partial charge in [0.25, 0.3) is 0 Å². The summed E-state index contributed by atoms with van der Waals surface area (Å²) < 4.78 is 25.5. The Kier molecular flexibility index (Phi) is 3.01. The van der Waals surface area contributed by atoms with Crippen molar-refractivity contribution in [1.82, 2.24) is 4.31 Å². The molecule has 2 rings (SSSR count). The van der Waals surface area contributed by atoms with Gasteiger partial charge in [-0.15, -0.1) is 11.3 Å². The van der Waals surface area contributed by atoms with Crippen molar-refractivity contribution in [3.05, 3.63) is 15.8 Å². The van der Waals surface area contributed by atoms with E-state index in [9.17, 15) is 18.3 Å². The summed E-state index contributed by atoms with van der Waals surface area (Å²) in [4.78, 5) is 11.3. The molecule has 1 aromatic rings. The number of hydrogen-bond acceptors (Lipinski definition) is 5. The fraction of sp³-hybridized carbons (Fsp3) is 0.500. The number of aryl methyl sites for hydroxylation is 1. The number of rotatable bonds is 3. The largest absolute Gasteiger partial charge is 0.477 e. The molecule has 0 aromatic carbocycles. The summed E-state index contributed by atoms with van der Waals surface area (Å²) in [5.41, 5.74) is -0.993. The predicted molar refractivity (Wildman–Crippen MR) is 65.4 cm³/mol. The molecule has 0 spiro atoms. The first-order valence-electron chi connectivity index (χ1n) is 5.20. The van der Waals surface area contributed by atoms with E-state index < -0.39 is 21.6 Å². The van der Waals surface area contributed by atoms with Crippen LogP contribution in [0.1, 0.15) is 21.5 Å². The molecule has 0 amide bonds. The van der Waals surface area contributed by atoms with E-state index in [0.29, 0.717) is 4.88 Å². The Balaban J connectivity index is 2.34. The molecule has 18 heavy (non-hydrogen) atoms. The van der Waals surface area contributed by atoms with Crippen LogP contribution in [-0.2, 0) is 10.0 Å². The maximum absolute atomic E-state index is 12.2. The third-order valence-electron chi connectivity index (χ3n) is 2.73. The van der Waals surface area contributed by atoms with E-state index >= 15 is 0 Å². The van der Waals surface area contributed by atoms with Crippen LogP contribution in [0.5, 0.6) is 0 Å². The van der Waals surface area contributed by atoms with E-state index in [4.69, 9.17) is 5.11 Å². The smallest absolute Gasteiger partial charge is 0.345 e. The molecule has 1 aliphatic rings. The van der Waals surface area contributed by atoms with E-state index in [2.05, 4.69) is 0 Å². The van der Waals surface area contributed by atoms with E-state index in [-0.39, 0.29) is 22.9 Å². The number of sulfonamides is 1. The van der Waals surface area contributed by atoms with Crippen LogP contribution in [-0.4, -0.2) is 47.6 Å². The normalized spacial score (nSPS) is 19.5. The van der Waals surface area contributed by atoms with Crippen molar-refractivity contribution < 1.29 is 23.4 Å². The number of nitrogens with zero attached hydrogens (tertiary/aromatic N) is 1. The summed E-state index contributed by atoms with van der Waals surface area (Å²) in [6.07, 6.45) is 0. The molecule has 0 atom stereocenters. The van der Waals surface area contributed by atoms with Crippen LogP contribution in [0.4, 0.5) is 0 Å². The van der Waals surface area contributed by atoms with Gasteiger partial charge in [-0.25, -0.2) is 13.2 Å². The summed E-state index contributed by atoms with van der Waals surface area (Å²) in [5, 5.41) is 18.4. The summed E-state index contributed by atoms with van der Waals surface area (Å²) >= 11 is 0.933. The molecule has 1 aliphatic heterocycles. The molecule has 6 nitrogen and oxygen atoms in total. The first-order valence-corrected chi connectivity index (χ1v) is 7.45. The number of β-amino-alcohol motifs (C(OH)–C–C–N with tert-alkyl or cyclic N) is 1. The van der Waals surface area contributed by atoms with Crippen molar-refractivity contribution in [2.45, 2.75) is 24.3 Å². The Hall–Kier alpha value is -0.960. The van der Waals surface area contributed by atoms with Gasteiger partial charge in [0.2, 0.25) is 10.0 Å². The number of aliphatic hydroxyl groups is 1. The van der Waals surface area contributed by atoms with Gasteiger partial charge in [0, 0.05) is 18.0 Å². The van der Waals surface area contributed by atoms with E-state index in [0.717, 1.165) is 15.6 Å². The molecule has 2 heterocycles. The number of thiophene rings is 1. The lowest BCUT2D eigenvalue weighted by Gasteiger charge is -2.42. The van der Waals surface area contributed by atoms with Gasteiger partial charge in [-0.3, -0.25) is 0 Å². The van der Waals surface area contributed by atoms with E-state index in [1.165, 1.54) is 6.07 Å². The van der Waals surface area contributed by atoms with Crippen LogP contribution in [0.25, 0.3) is 0 Å². The second-order valence-electron chi connectivity index (χ2n) is 4.61. The number of hydrogen-bond donors (Lipinski definition) is 2. The fourth-order valence-corrected chi connectivity index (χ4v) is 4.92. The monoisotopic (exact) mass is 291 g/mol. The third-order valence-corrected chi connectivity index (χ3v) is 5.82. The summed E-state index contributed by atoms with van der Waals surface area (Å²) in [7, 11) is -3.70. The second-order valence-corrected chi connectivity index (χ2v) is 7.77. The molecule has 0 bridgehead atoms. The molecule has 0 radical (unpaired) electrons. The zero-order valence-corrected chi connectivity index (χ0v) is 11.5. The highest BCUT2D eigenvalue weighted by molar-refractivity contribution is 7.89. The maximum atomic E-state index is 12.2. The van der Waals surface area contributed by atoms with Crippen LogP contribution >= 0.6 is 11.3 Å². The highest BCUT2D eigenvalue weighted by atomic mass is 32.2. The van der Waals surface area contributed by atoms with Crippen molar-refractivity contribution >= 4 is 27.3 Å². The lowest BCUT2D eigenvalue weighted by molar-refractivity contribution is -0.0426. The van der Waals surface area contributed by atoms with Gasteiger partial charge >= 0.3 is 5.97 Å². The Morgan fingerprint density at radius 2 is 2.06 bits per heavy atom. The quantitative estimate of drug-likeness (QED) is 0.846. The predicted octanol–water partition coefficient (Wildman–Crippen LogP) is 0.510. The van der Waals surface area contributed by atoms with E-state index in [1.807, 2.05) is 0 Å². The van der Waals surface area contributed by atoms with Crippen molar-refractivity contribution in [1.29, 1.82) is 0 Å². The lowest BCUT2D eigenvalue weighted by Crippen LogP contribution is -2.61. The molecule has 2 N–H and O–H groups in total. The number of carboxylic acid groups (broad SMARTS) is 1. The van der Waals surface area contributed by atoms with Crippen molar-refractivity contribution in [3.8, 4) is 0 Å². The summed E-state index contributed by atoms with van der Waals surface area (Å²) in [5.74, 6) is -1.14. The molecule has 0 unspecified atom stereocenters. The van der Waals surface area contributed by atoms with E-state index in [1.54, 1.807) is 13.8 Å². The molecule has 1 saturated heterocycles. The molecule has 8 heteroatoms. The summed E-state index contributed by atoms with van der Waals surface area (Å²) in [6.45, 7) is 3.20. The van der Waals surface area contributed by atoms with Gasteiger partial charge in [-0.1, -0.05) is 0 Å². The van der Waals surface area contributed by atoms with Crippen LogP contribution < -0.4 is 0 Å². The first kappa shape index (κ1) is 13.5. The van der Waals surface area contributed by atoms with Gasteiger partial charge in [-0.2, -0.15) is 4.31 Å². The number of carboxylic acids is 1. The molecule has 0 aliphatic carbocycles. The average Bonchev–Trinajstić information content (AvgIpc) is 2.57. The molecule has 0 saturated carbocycles. The van der Waals surface area contributed by atoms with Gasteiger partial charge in [0.15, 0.2) is 0 Å². The van der Waals surface area contributed by atoms with Crippen molar-refractivity contribution in [2.24, 2.45) is 0 Å². The van der Waals surface area contributed by atoms with Crippen molar-refractivity contribution in [3.63, 3.8) is 0 Å². The molecule has 1 fully saturated rings. The van der Waals surface area contributed by atoms with Crippen LogP contribution in [0.3, 0.4) is 0 Å². The number of aromatic carboxylic acids is 1. The molecular formula is C10H13NO5S2. The zero-order chi connectivity index (χ0) is 13.7. The molecule has 100 valence electrons. The maximum Gasteiger partial charge on any atom is 0.345 e.